The van der Waals surface area contributed by atoms with Crippen LogP contribution in [-0.2, 0) is 0 Å². The number of fused-ring (bicyclic) bond motifs is 1. The van der Waals surface area contributed by atoms with Crippen LogP contribution in [0, 0.1) is 6.92 Å². The number of para-hydroxylation sites is 1. The summed E-state index contributed by atoms with van der Waals surface area (Å²) in [5.41, 5.74) is 3.40. The smallest absolute Gasteiger partial charge is 0.264 e. The standard InChI is InChI=1S/C12H10N4O/c1-7-3-2-4-8-11(7)14-12(13-8)9-5-6-10(17)16-15-9/h2-6H,1H3,(H,13,14)(H,16,17). The summed E-state index contributed by atoms with van der Waals surface area (Å²) in [6, 6.07) is 9.02. The lowest BCUT2D eigenvalue weighted by Crippen LogP contribution is -2.05. The van der Waals surface area contributed by atoms with E-state index >= 15 is 0 Å². The third-order valence-corrected chi connectivity index (χ3v) is 2.64. The molecule has 17 heavy (non-hydrogen) atoms. The Morgan fingerprint density at radius 2 is 2.06 bits per heavy atom. The summed E-state index contributed by atoms with van der Waals surface area (Å²) in [7, 11) is 0. The van der Waals surface area contributed by atoms with Crippen molar-refractivity contribution in [3.05, 3.63) is 46.2 Å². The third-order valence-electron chi connectivity index (χ3n) is 2.64. The number of aryl methyl sites for hydroxylation is 1. The van der Waals surface area contributed by atoms with Gasteiger partial charge in [0.15, 0.2) is 5.82 Å². The highest BCUT2D eigenvalue weighted by molar-refractivity contribution is 5.81. The first-order valence-corrected chi connectivity index (χ1v) is 5.25. The van der Waals surface area contributed by atoms with Gasteiger partial charge in [0.25, 0.3) is 5.56 Å². The molecular formula is C12H10N4O. The van der Waals surface area contributed by atoms with Gasteiger partial charge in [0.1, 0.15) is 5.69 Å². The molecule has 3 aromatic rings. The van der Waals surface area contributed by atoms with Crippen molar-refractivity contribution in [3.8, 4) is 11.5 Å². The summed E-state index contributed by atoms with van der Waals surface area (Å²) in [4.78, 5) is 18.6. The molecule has 0 spiro atoms. The first-order chi connectivity index (χ1) is 8.24. The predicted octanol–water partition coefficient (Wildman–Crippen LogP) is 1.62. The van der Waals surface area contributed by atoms with Gasteiger partial charge in [0.05, 0.1) is 11.0 Å². The van der Waals surface area contributed by atoms with Gasteiger partial charge in [-0.25, -0.2) is 10.1 Å². The molecule has 3 rings (SSSR count). The first-order valence-electron chi connectivity index (χ1n) is 5.25. The number of aromatic amines is 2. The summed E-state index contributed by atoms with van der Waals surface area (Å²) >= 11 is 0. The van der Waals surface area contributed by atoms with E-state index < -0.39 is 0 Å². The third kappa shape index (κ3) is 1.61. The number of nitrogens with one attached hydrogen (secondary N) is 2. The van der Waals surface area contributed by atoms with Crippen molar-refractivity contribution < 1.29 is 0 Å². The highest BCUT2D eigenvalue weighted by atomic mass is 16.1. The van der Waals surface area contributed by atoms with E-state index in [1.54, 1.807) is 6.07 Å². The average molecular weight is 226 g/mol. The number of imidazole rings is 1. The van der Waals surface area contributed by atoms with Crippen LogP contribution in [0.1, 0.15) is 5.56 Å². The van der Waals surface area contributed by atoms with E-state index in [9.17, 15) is 4.79 Å². The van der Waals surface area contributed by atoms with Gasteiger partial charge in [0.2, 0.25) is 0 Å². The topological polar surface area (TPSA) is 74.4 Å². The molecule has 5 nitrogen and oxygen atoms in total. The molecule has 84 valence electrons. The second-order valence-electron chi connectivity index (χ2n) is 3.86. The Morgan fingerprint density at radius 3 is 2.76 bits per heavy atom. The molecule has 0 fully saturated rings. The van der Waals surface area contributed by atoms with Gasteiger partial charge in [-0.05, 0) is 24.6 Å². The molecule has 0 radical (unpaired) electrons. The molecule has 2 aromatic heterocycles. The van der Waals surface area contributed by atoms with E-state index in [1.165, 1.54) is 6.07 Å². The largest absolute Gasteiger partial charge is 0.337 e. The van der Waals surface area contributed by atoms with Crippen LogP contribution in [0.15, 0.2) is 35.1 Å². The predicted molar refractivity (Wildman–Crippen MR) is 64.7 cm³/mol. The number of hydrogen-bond acceptors (Lipinski definition) is 3. The first kappa shape index (κ1) is 9.77. The van der Waals surface area contributed by atoms with E-state index in [1.807, 2.05) is 25.1 Å². The normalized spacial score (nSPS) is 10.9. The molecular weight excluding hydrogens is 216 g/mol. The molecule has 1 aromatic carbocycles. The Kier molecular flexibility index (Phi) is 2.04. The fourth-order valence-corrected chi connectivity index (χ4v) is 1.77. The molecule has 5 heteroatoms. The zero-order chi connectivity index (χ0) is 11.8. The maximum Gasteiger partial charge on any atom is 0.264 e. The highest BCUT2D eigenvalue weighted by Crippen LogP contribution is 2.20. The zero-order valence-electron chi connectivity index (χ0n) is 9.19. The Bertz CT molecular complexity index is 721. The molecule has 0 amide bonds. The van der Waals surface area contributed by atoms with Crippen LogP contribution in [0.4, 0.5) is 0 Å². The number of benzene rings is 1. The quantitative estimate of drug-likeness (QED) is 0.662. The van der Waals surface area contributed by atoms with Crippen LogP contribution in [0.2, 0.25) is 0 Å². The molecule has 0 bridgehead atoms. The molecule has 0 aliphatic heterocycles. The van der Waals surface area contributed by atoms with Gasteiger partial charge in [-0.2, -0.15) is 5.10 Å². The lowest BCUT2D eigenvalue weighted by atomic mass is 10.2. The Morgan fingerprint density at radius 1 is 1.18 bits per heavy atom. The lowest BCUT2D eigenvalue weighted by molar-refractivity contribution is 0.985. The Hall–Kier alpha value is -2.43. The van der Waals surface area contributed by atoms with Crippen molar-refractivity contribution in [2.75, 3.05) is 0 Å². The van der Waals surface area contributed by atoms with Crippen LogP contribution in [0.3, 0.4) is 0 Å². The van der Waals surface area contributed by atoms with Crippen LogP contribution in [-0.4, -0.2) is 20.2 Å². The molecule has 0 atom stereocenters. The van der Waals surface area contributed by atoms with Crippen LogP contribution in [0.5, 0.6) is 0 Å². The van der Waals surface area contributed by atoms with E-state index in [0.29, 0.717) is 11.5 Å². The minimum absolute atomic E-state index is 0.221. The SMILES string of the molecule is Cc1cccc2[nH]c(-c3ccc(=O)[nH]n3)nc12. The van der Waals surface area contributed by atoms with Crippen LogP contribution >= 0.6 is 0 Å². The molecule has 2 N–H and O–H groups in total. The number of H-pyrrole nitrogens is 2. The maximum atomic E-state index is 10.9. The maximum absolute atomic E-state index is 10.9. The summed E-state index contributed by atoms with van der Waals surface area (Å²) < 4.78 is 0. The molecule has 0 unspecified atom stereocenters. The van der Waals surface area contributed by atoms with Gasteiger partial charge in [-0.1, -0.05) is 12.1 Å². The van der Waals surface area contributed by atoms with Gasteiger partial charge in [0, 0.05) is 6.07 Å². The Labute approximate surface area is 96.5 Å². The fourth-order valence-electron chi connectivity index (χ4n) is 1.77. The van der Waals surface area contributed by atoms with Crippen molar-refractivity contribution in [1.29, 1.82) is 0 Å². The summed E-state index contributed by atoms with van der Waals surface area (Å²) in [5.74, 6) is 0.658. The molecule has 0 aliphatic rings. The number of aromatic nitrogens is 4. The van der Waals surface area contributed by atoms with E-state index in [2.05, 4.69) is 20.2 Å². The average Bonchev–Trinajstić information content (AvgIpc) is 2.75. The lowest BCUT2D eigenvalue weighted by Gasteiger charge is -1.92. The van der Waals surface area contributed by atoms with Crippen LogP contribution in [0.25, 0.3) is 22.6 Å². The van der Waals surface area contributed by atoms with Crippen molar-refractivity contribution in [2.24, 2.45) is 0 Å². The van der Waals surface area contributed by atoms with Gasteiger partial charge in [-0.15, -0.1) is 0 Å². The van der Waals surface area contributed by atoms with E-state index in [-0.39, 0.29) is 5.56 Å². The van der Waals surface area contributed by atoms with Gasteiger partial charge in [-0.3, -0.25) is 4.79 Å². The van der Waals surface area contributed by atoms with Crippen LogP contribution < -0.4 is 5.56 Å². The van der Waals surface area contributed by atoms with Crippen molar-refractivity contribution >= 4 is 11.0 Å². The second kappa shape index (κ2) is 3.55. The van der Waals surface area contributed by atoms with Crippen molar-refractivity contribution in [2.45, 2.75) is 6.92 Å². The number of rotatable bonds is 1. The second-order valence-corrected chi connectivity index (χ2v) is 3.86. The summed E-state index contributed by atoms with van der Waals surface area (Å²) in [5, 5.41) is 6.33. The van der Waals surface area contributed by atoms with E-state index in [0.717, 1.165) is 16.6 Å². The van der Waals surface area contributed by atoms with Crippen molar-refractivity contribution in [3.63, 3.8) is 0 Å². The molecule has 0 aliphatic carbocycles. The summed E-state index contributed by atoms with van der Waals surface area (Å²) in [6.45, 7) is 2.01. The zero-order valence-corrected chi connectivity index (χ0v) is 9.19. The summed E-state index contributed by atoms with van der Waals surface area (Å²) in [6.07, 6.45) is 0. The fraction of sp³-hybridized carbons (Fsp3) is 0.0833. The minimum Gasteiger partial charge on any atom is -0.337 e. The minimum atomic E-state index is -0.221. The monoisotopic (exact) mass is 226 g/mol. The molecule has 0 saturated carbocycles. The molecule has 0 saturated heterocycles. The Balaban J connectivity index is 2.21. The molecule has 2 heterocycles. The van der Waals surface area contributed by atoms with Gasteiger partial charge < -0.3 is 4.98 Å². The van der Waals surface area contributed by atoms with Gasteiger partial charge >= 0.3 is 0 Å². The number of nitrogens with zero attached hydrogens (tertiary/aromatic N) is 2. The number of hydrogen-bond donors (Lipinski definition) is 2. The highest BCUT2D eigenvalue weighted by Gasteiger charge is 2.07. The van der Waals surface area contributed by atoms with E-state index in [4.69, 9.17) is 0 Å². The van der Waals surface area contributed by atoms with Crippen molar-refractivity contribution in [1.82, 2.24) is 20.2 Å².